The number of aromatic carboxylic acids is 2. The maximum atomic E-state index is 12.4. The molecule has 0 aliphatic carbocycles. The Balaban J connectivity index is 1.93. The highest BCUT2D eigenvalue weighted by atomic mass is 16.5. The highest BCUT2D eigenvalue weighted by Crippen LogP contribution is 2.44. The molecule has 5 N–H and O–H groups in total. The van der Waals surface area contributed by atoms with Crippen LogP contribution in [0, 0.1) is 0 Å². The van der Waals surface area contributed by atoms with Gasteiger partial charge >= 0.3 is 11.9 Å². The molecule has 176 valence electrons. The van der Waals surface area contributed by atoms with E-state index < -0.39 is 17.9 Å². The third kappa shape index (κ3) is 3.65. The average Bonchev–Trinajstić information content (AvgIpc) is 3.42. The number of phenolic OH excluding ortho intramolecular Hbond substituents is 1. The number of carboxylic acids is 2. The van der Waals surface area contributed by atoms with Gasteiger partial charge in [0.05, 0.1) is 6.61 Å². The van der Waals surface area contributed by atoms with E-state index in [9.17, 15) is 24.9 Å². The molecule has 5 aromatic rings. The smallest absolute Gasteiger partial charge is 0.352 e. The van der Waals surface area contributed by atoms with Gasteiger partial charge in [0.25, 0.3) is 0 Å². The van der Waals surface area contributed by atoms with Crippen molar-refractivity contribution in [3.05, 3.63) is 94.8 Å². The topological polar surface area (TPSA) is 136 Å². The monoisotopic (exact) mass is 470 g/mol. The summed E-state index contributed by atoms with van der Waals surface area (Å²) in [6.07, 6.45) is 0. The molecule has 0 saturated carbocycles. The highest BCUT2D eigenvalue weighted by molar-refractivity contribution is 6.02. The number of para-hydroxylation sites is 2. The van der Waals surface area contributed by atoms with E-state index in [1.165, 1.54) is 6.07 Å². The zero-order valence-corrected chi connectivity index (χ0v) is 18.7. The summed E-state index contributed by atoms with van der Waals surface area (Å²) in [4.78, 5) is 30.7. The van der Waals surface area contributed by atoms with Crippen molar-refractivity contribution < 1.29 is 29.6 Å². The van der Waals surface area contributed by atoms with Gasteiger partial charge < -0.3 is 30.0 Å². The Morgan fingerprint density at radius 2 is 1.34 bits per heavy atom. The Bertz CT molecular complexity index is 1500. The van der Waals surface area contributed by atoms with E-state index in [0.29, 0.717) is 45.1 Å². The van der Waals surface area contributed by atoms with Crippen LogP contribution >= 0.6 is 0 Å². The molecule has 0 radical (unpaired) electrons. The van der Waals surface area contributed by atoms with Crippen molar-refractivity contribution in [2.75, 3.05) is 6.61 Å². The van der Waals surface area contributed by atoms with Gasteiger partial charge in [-0.2, -0.15) is 0 Å². The normalized spacial score (nSPS) is 11.4. The third-order valence-corrected chi connectivity index (χ3v) is 6.11. The number of aromatic nitrogens is 2. The summed E-state index contributed by atoms with van der Waals surface area (Å²) in [5.74, 6) is -2.98. The summed E-state index contributed by atoms with van der Waals surface area (Å²) >= 11 is 0. The lowest BCUT2D eigenvalue weighted by Crippen LogP contribution is -2.13. The summed E-state index contributed by atoms with van der Waals surface area (Å²) in [6, 6.07) is 19.1. The molecule has 8 nitrogen and oxygen atoms in total. The molecule has 0 amide bonds. The molecule has 35 heavy (non-hydrogen) atoms. The quantitative estimate of drug-likeness (QED) is 0.218. The van der Waals surface area contributed by atoms with E-state index in [2.05, 4.69) is 9.97 Å². The maximum absolute atomic E-state index is 12.4. The van der Waals surface area contributed by atoms with Crippen LogP contribution in [0.25, 0.3) is 21.8 Å². The van der Waals surface area contributed by atoms with E-state index >= 15 is 0 Å². The minimum atomic E-state index is -1.17. The number of nitrogens with one attached hydrogen (secondary N) is 2. The molecule has 0 bridgehead atoms. The first-order valence-corrected chi connectivity index (χ1v) is 11.0. The van der Waals surface area contributed by atoms with Crippen LogP contribution in [0.15, 0.2) is 66.7 Å². The SMILES string of the molecule is CCOc1cc(C(c2c(C(=O)O)[nH]c3ccccc23)c2c(C(=O)O)[nH]c3ccccc23)ccc1O. The van der Waals surface area contributed by atoms with Gasteiger partial charge in [-0.15, -0.1) is 0 Å². The number of hydrogen-bond donors (Lipinski definition) is 5. The minimum absolute atomic E-state index is 0.0381. The second-order valence-electron chi connectivity index (χ2n) is 8.12. The zero-order valence-electron chi connectivity index (χ0n) is 18.7. The molecule has 2 aromatic heterocycles. The number of fused-ring (bicyclic) bond motifs is 2. The summed E-state index contributed by atoms with van der Waals surface area (Å²) in [5.41, 5.74) is 2.58. The number of phenols is 1. The summed E-state index contributed by atoms with van der Waals surface area (Å²) in [5, 5.41) is 31.9. The molecule has 0 atom stereocenters. The van der Waals surface area contributed by atoms with Gasteiger partial charge in [-0.05, 0) is 36.8 Å². The van der Waals surface area contributed by atoms with E-state index in [-0.39, 0.29) is 22.9 Å². The minimum Gasteiger partial charge on any atom is -0.504 e. The van der Waals surface area contributed by atoms with Crippen molar-refractivity contribution >= 4 is 33.7 Å². The molecule has 8 heteroatoms. The molecule has 0 spiro atoms. The van der Waals surface area contributed by atoms with Crippen molar-refractivity contribution in [2.45, 2.75) is 12.8 Å². The predicted molar refractivity (Wildman–Crippen MR) is 131 cm³/mol. The van der Waals surface area contributed by atoms with Crippen LogP contribution in [-0.4, -0.2) is 43.8 Å². The zero-order chi connectivity index (χ0) is 24.7. The van der Waals surface area contributed by atoms with E-state index in [1.807, 2.05) is 0 Å². The average molecular weight is 470 g/mol. The molecule has 0 unspecified atom stereocenters. The molecule has 0 saturated heterocycles. The molecular formula is C27H22N2O6. The number of aromatic hydroxyl groups is 1. The van der Waals surface area contributed by atoms with Crippen molar-refractivity contribution in [3.63, 3.8) is 0 Å². The fraction of sp³-hybridized carbons (Fsp3) is 0.111. The van der Waals surface area contributed by atoms with Gasteiger partial charge in [0, 0.05) is 38.9 Å². The molecular weight excluding hydrogens is 448 g/mol. The predicted octanol–water partition coefficient (Wildman–Crippen LogP) is 5.33. The molecule has 0 aliphatic rings. The standard InChI is InChI=1S/C27H22N2O6/c1-2-35-20-13-14(11-12-19(20)30)21(22-15-7-3-5-9-17(15)28-24(22)26(31)32)23-16-8-4-6-10-18(16)29-25(23)27(33)34/h3-13,21,28-30H,2H2,1H3,(H,31,32)(H,33,34). The number of ether oxygens (including phenoxy) is 1. The number of carbonyl (C=O) groups is 2. The largest absolute Gasteiger partial charge is 0.504 e. The van der Waals surface area contributed by atoms with Gasteiger partial charge in [0.15, 0.2) is 11.5 Å². The fourth-order valence-electron chi connectivity index (χ4n) is 4.72. The van der Waals surface area contributed by atoms with Crippen LogP contribution in [0.3, 0.4) is 0 Å². The lowest BCUT2D eigenvalue weighted by Gasteiger charge is -2.21. The van der Waals surface area contributed by atoms with Crippen LogP contribution in [0.5, 0.6) is 11.5 Å². The lowest BCUT2D eigenvalue weighted by atomic mass is 9.81. The first kappa shape index (κ1) is 22.1. The van der Waals surface area contributed by atoms with Gasteiger partial charge in [0.1, 0.15) is 11.4 Å². The number of benzene rings is 3. The van der Waals surface area contributed by atoms with Crippen LogP contribution in [0.2, 0.25) is 0 Å². The molecule has 0 fully saturated rings. The second kappa shape index (κ2) is 8.57. The fourth-order valence-corrected chi connectivity index (χ4v) is 4.72. The number of H-pyrrole nitrogens is 2. The first-order valence-electron chi connectivity index (χ1n) is 11.0. The van der Waals surface area contributed by atoms with Crippen molar-refractivity contribution in [2.24, 2.45) is 0 Å². The van der Waals surface area contributed by atoms with E-state index in [0.717, 1.165) is 0 Å². The van der Waals surface area contributed by atoms with Gasteiger partial charge in [-0.3, -0.25) is 0 Å². The van der Waals surface area contributed by atoms with Crippen LogP contribution in [-0.2, 0) is 0 Å². The number of aromatic amines is 2. The number of carboxylic acid groups (broad SMARTS) is 2. The van der Waals surface area contributed by atoms with E-state index in [4.69, 9.17) is 4.74 Å². The number of hydrogen-bond acceptors (Lipinski definition) is 4. The lowest BCUT2D eigenvalue weighted by molar-refractivity contribution is 0.0681. The third-order valence-electron chi connectivity index (χ3n) is 6.11. The summed E-state index contributed by atoms with van der Waals surface area (Å²) in [6.45, 7) is 2.09. The van der Waals surface area contributed by atoms with Crippen LogP contribution in [0.1, 0.15) is 50.5 Å². The molecule has 0 aliphatic heterocycles. The maximum Gasteiger partial charge on any atom is 0.352 e. The van der Waals surface area contributed by atoms with Crippen molar-refractivity contribution in [1.82, 2.24) is 9.97 Å². The Hall–Kier alpha value is -4.72. The van der Waals surface area contributed by atoms with E-state index in [1.54, 1.807) is 67.6 Å². The van der Waals surface area contributed by atoms with Crippen LogP contribution in [0.4, 0.5) is 0 Å². The Labute approximate surface area is 199 Å². The Morgan fingerprint density at radius 3 is 1.83 bits per heavy atom. The Morgan fingerprint density at radius 1 is 0.829 bits per heavy atom. The summed E-state index contributed by atoms with van der Waals surface area (Å²) < 4.78 is 5.59. The van der Waals surface area contributed by atoms with Gasteiger partial charge in [0.2, 0.25) is 0 Å². The van der Waals surface area contributed by atoms with Crippen molar-refractivity contribution in [3.8, 4) is 11.5 Å². The first-order chi connectivity index (χ1) is 16.9. The molecule has 5 rings (SSSR count). The molecule has 3 aromatic carbocycles. The van der Waals surface area contributed by atoms with Crippen molar-refractivity contribution in [1.29, 1.82) is 0 Å². The second-order valence-corrected chi connectivity index (χ2v) is 8.12. The van der Waals surface area contributed by atoms with Crippen LogP contribution < -0.4 is 4.74 Å². The Kier molecular flexibility index (Phi) is 5.41. The number of rotatable bonds is 7. The van der Waals surface area contributed by atoms with Gasteiger partial charge in [-0.1, -0.05) is 42.5 Å². The van der Waals surface area contributed by atoms with Gasteiger partial charge in [-0.25, -0.2) is 9.59 Å². The highest BCUT2D eigenvalue weighted by Gasteiger charge is 2.33. The molecule has 2 heterocycles. The summed E-state index contributed by atoms with van der Waals surface area (Å²) in [7, 11) is 0.